The van der Waals surface area contributed by atoms with Crippen LogP contribution in [0.2, 0.25) is 0 Å². The van der Waals surface area contributed by atoms with Gasteiger partial charge in [0.15, 0.2) is 5.69 Å². The Balaban J connectivity index is 0.00000144. The highest BCUT2D eigenvalue weighted by Crippen LogP contribution is 2.26. The molecule has 122 valence electrons. The first-order valence-corrected chi connectivity index (χ1v) is 8.13. The molecule has 1 saturated carbocycles. The van der Waals surface area contributed by atoms with Gasteiger partial charge in [0.05, 0.1) is 0 Å². The highest BCUT2D eigenvalue weighted by atomic mass is 35.5. The third-order valence-electron chi connectivity index (χ3n) is 5.20. The minimum absolute atomic E-state index is 0. The highest BCUT2D eigenvalue weighted by molar-refractivity contribution is 5.94. The lowest BCUT2D eigenvalue weighted by atomic mass is 9.91. The smallest absolute Gasteiger partial charge is 0.274 e. The van der Waals surface area contributed by atoms with Crippen molar-refractivity contribution in [3.63, 3.8) is 0 Å². The second kappa shape index (κ2) is 6.56. The number of hydrogen-bond donors (Lipinski definition) is 2. The molecule has 0 spiro atoms. The number of amides is 1. The number of H-pyrrole nitrogens is 1. The van der Waals surface area contributed by atoms with Crippen molar-refractivity contribution in [1.29, 1.82) is 0 Å². The molecule has 0 aromatic carbocycles. The van der Waals surface area contributed by atoms with E-state index in [0.29, 0.717) is 5.69 Å². The maximum Gasteiger partial charge on any atom is 0.274 e. The molecule has 1 aromatic rings. The number of piperazine rings is 1. The summed E-state index contributed by atoms with van der Waals surface area (Å²) in [6.07, 6.45) is 4.99. The fourth-order valence-electron chi connectivity index (χ4n) is 3.59. The first-order valence-electron chi connectivity index (χ1n) is 8.13. The molecule has 1 aromatic heterocycles. The molecule has 3 heterocycles. The van der Waals surface area contributed by atoms with Crippen molar-refractivity contribution in [2.24, 2.45) is 0 Å². The lowest BCUT2D eigenvalue weighted by Gasteiger charge is -2.42. The van der Waals surface area contributed by atoms with E-state index >= 15 is 0 Å². The quantitative estimate of drug-likeness (QED) is 0.844. The van der Waals surface area contributed by atoms with Gasteiger partial charge in [-0.25, -0.2) is 0 Å². The van der Waals surface area contributed by atoms with Gasteiger partial charge >= 0.3 is 0 Å². The number of halogens is 1. The largest absolute Gasteiger partial charge is 0.335 e. The Morgan fingerprint density at radius 2 is 1.95 bits per heavy atom. The zero-order valence-electron chi connectivity index (χ0n) is 12.8. The average molecular weight is 326 g/mol. The van der Waals surface area contributed by atoms with Gasteiger partial charge in [-0.2, -0.15) is 5.10 Å². The lowest BCUT2D eigenvalue weighted by Crippen LogP contribution is -2.53. The third kappa shape index (κ3) is 2.75. The number of aromatic nitrogens is 2. The monoisotopic (exact) mass is 325 g/mol. The minimum atomic E-state index is 0. The molecule has 0 atom stereocenters. The zero-order valence-corrected chi connectivity index (χ0v) is 13.6. The van der Waals surface area contributed by atoms with Crippen molar-refractivity contribution in [3.8, 4) is 0 Å². The van der Waals surface area contributed by atoms with Crippen LogP contribution >= 0.6 is 12.4 Å². The van der Waals surface area contributed by atoms with Crippen LogP contribution in [0, 0.1) is 0 Å². The summed E-state index contributed by atoms with van der Waals surface area (Å²) in [7, 11) is 0. The number of nitrogens with zero attached hydrogens (tertiary/aromatic N) is 3. The summed E-state index contributed by atoms with van der Waals surface area (Å²) in [4.78, 5) is 17.2. The van der Waals surface area contributed by atoms with Gasteiger partial charge in [0.25, 0.3) is 5.91 Å². The first-order chi connectivity index (χ1) is 10.3. The molecule has 0 bridgehead atoms. The van der Waals surface area contributed by atoms with Crippen LogP contribution in [0.1, 0.15) is 41.0 Å². The summed E-state index contributed by atoms with van der Waals surface area (Å²) >= 11 is 0. The molecule has 1 saturated heterocycles. The van der Waals surface area contributed by atoms with Gasteiger partial charge < -0.3 is 10.2 Å². The number of hydrogen-bond acceptors (Lipinski definition) is 4. The maximum atomic E-state index is 12.7. The van der Waals surface area contributed by atoms with Crippen LogP contribution in [0.15, 0.2) is 0 Å². The van der Waals surface area contributed by atoms with Crippen molar-refractivity contribution in [2.75, 3.05) is 32.7 Å². The molecule has 22 heavy (non-hydrogen) atoms. The van der Waals surface area contributed by atoms with Crippen molar-refractivity contribution < 1.29 is 4.79 Å². The fraction of sp³-hybridized carbons (Fsp3) is 0.733. The second-order valence-electron chi connectivity index (χ2n) is 6.37. The third-order valence-corrected chi connectivity index (χ3v) is 5.20. The molecule has 0 unspecified atom stereocenters. The van der Waals surface area contributed by atoms with Crippen LogP contribution in [0.4, 0.5) is 0 Å². The summed E-state index contributed by atoms with van der Waals surface area (Å²) in [6.45, 7) is 5.43. The number of nitrogens with one attached hydrogen (secondary N) is 2. The Morgan fingerprint density at radius 3 is 2.64 bits per heavy atom. The molecule has 7 heteroatoms. The molecule has 2 aliphatic heterocycles. The number of carbonyl (C=O) groups excluding carboxylic acids is 1. The highest BCUT2D eigenvalue weighted by Gasteiger charge is 2.31. The van der Waals surface area contributed by atoms with E-state index in [9.17, 15) is 4.79 Å². The van der Waals surface area contributed by atoms with E-state index in [1.807, 2.05) is 4.90 Å². The summed E-state index contributed by atoms with van der Waals surface area (Å²) < 4.78 is 0. The van der Waals surface area contributed by atoms with Gasteiger partial charge in [-0.05, 0) is 12.8 Å². The number of carbonyl (C=O) groups is 1. The lowest BCUT2D eigenvalue weighted by molar-refractivity contribution is 0.0450. The Bertz CT molecular complexity index is 534. The summed E-state index contributed by atoms with van der Waals surface area (Å²) in [5.74, 6) is 0.101. The molecule has 3 aliphatic rings. The first kappa shape index (κ1) is 15.8. The van der Waals surface area contributed by atoms with Gasteiger partial charge in [-0.1, -0.05) is 6.42 Å². The topological polar surface area (TPSA) is 64.3 Å². The summed E-state index contributed by atoms with van der Waals surface area (Å²) in [5, 5.41) is 10.7. The predicted octanol–water partition coefficient (Wildman–Crippen LogP) is 0.787. The Hall–Kier alpha value is -1.11. The van der Waals surface area contributed by atoms with Gasteiger partial charge in [0.1, 0.15) is 0 Å². The van der Waals surface area contributed by atoms with Crippen LogP contribution in [0.25, 0.3) is 0 Å². The summed E-state index contributed by atoms with van der Waals surface area (Å²) in [5.41, 5.74) is 2.84. The van der Waals surface area contributed by atoms with E-state index in [-0.39, 0.29) is 18.3 Å². The van der Waals surface area contributed by atoms with E-state index in [1.165, 1.54) is 19.3 Å². The van der Waals surface area contributed by atoms with E-state index < -0.39 is 0 Å². The minimum Gasteiger partial charge on any atom is -0.335 e. The SMILES string of the molecule is Cl.O=C(c1n[nH]c2c1CNCC2)N1CCN(C2CCC2)CC1. The number of rotatable bonds is 2. The normalized spacial score (nSPS) is 22.6. The molecule has 0 radical (unpaired) electrons. The molecule has 1 aliphatic carbocycles. The fourth-order valence-corrected chi connectivity index (χ4v) is 3.59. The molecule has 2 fully saturated rings. The van der Waals surface area contributed by atoms with Gasteiger partial charge in [-0.15, -0.1) is 12.4 Å². The Labute approximate surface area is 137 Å². The molecule has 1 amide bonds. The number of aromatic amines is 1. The maximum absolute atomic E-state index is 12.7. The zero-order chi connectivity index (χ0) is 14.2. The standard InChI is InChI=1S/C15H23N5O.ClH/c21-15(14-12-10-16-5-4-13(12)17-18-14)20-8-6-19(7-9-20)11-2-1-3-11;/h11,16H,1-10H2,(H,17,18);1H. The van der Waals surface area contributed by atoms with Crippen molar-refractivity contribution >= 4 is 18.3 Å². The second-order valence-corrected chi connectivity index (χ2v) is 6.37. The summed E-state index contributed by atoms with van der Waals surface area (Å²) in [6, 6.07) is 0.782. The van der Waals surface area contributed by atoms with Crippen molar-refractivity contribution in [2.45, 2.75) is 38.3 Å². The van der Waals surface area contributed by atoms with Crippen LogP contribution in [-0.2, 0) is 13.0 Å². The van der Waals surface area contributed by atoms with Gasteiger partial charge in [0, 0.05) is 63.0 Å². The molecular weight excluding hydrogens is 302 g/mol. The van der Waals surface area contributed by atoms with Crippen LogP contribution in [-0.4, -0.2) is 64.7 Å². The van der Waals surface area contributed by atoms with Crippen molar-refractivity contribution in [3.05, 3.63) is 17.0 Å². The van der Waals surface area contributed by atoms with Gasteiger partial charge in [-0.3, -0.25) is 14.8 Å². The van der Waals surface area contributed by atoms with Crippen LogP contribution in [0.5, 0.6) is 0 Å². The van der Waals surface area contributed by atoms with Crippen LogP contribution < -0.4 is 5.32 Å². The Kier molecular flexibility index (Phi) is 4.70. The molecule has 2 N–H and O–H groups in total. The van der Waals surface area contributed by atoms with E-state index in [1.54, 1.807) is 0 Å². The van der Waals surface area contributed by atoms with E-state index in [2.05, 4.69) is 20.4 Å². The number of fused-ring (bicyclic) bond motifs is 1. The molecule has 4 rings (SSSR count). The van der Waals surface area contributed by atoms with Gasteiger partial charge in [0.2, 0.25) is 0 Å². The van der Waals surface area contributed by atoms with E-state index in [0.717, 1.165) is 63.0 Å². The van der Waals surface area contributed by atoms with E-state index in [4.69, 9.17) is 0 Å². The van der Waals surface area contributed by atoms with Crippen molar-refractivity contribution in [1.82, 2.24) is 25.3 Å². The Morgan fingerprint density at radius 1 is 1.18 bits per heavy atom. The average Bonchev–Trinajstić information content (AvgIpc) is 2.89. The van der Waals surface area contributed by atoms with Crippen LogP contribution in [0.3, 0.4) is 0 Å². The molecule has 6 nitrogen and oxygen atoms in total. The molecular formula is C15H24ClN5O. The predicted molar refractivity (Wildman–Crippen MR) is 86.4 cm³/mol.